The van der Waals surface area contributed by atoms with Gasteiger partial charge in [0, 0.05) is 18.0 Å². The predicted octanol–water partition coefficient (Wildman–Crippen LogP) is 3.67. The number of primary amides is 1. The van der Waals surface area contributed by atoms with Crippen LogP contribution in [0.15, 0.2) is 48.8 Å². The van der Waals surface area contributed by atoms with Crippen molar-refractivity contribution in [3.05, 3.63) is 64.9 Å². The maximum Gasteiger partial charge on any atom is 0.416 e. The molecule has 32 heavy (non-hydrogen) atoms. The third-order valence-electron chi connectivity index (χ3n) is 4.17. The van der Waals surface area contributed by atoms with Crippen LogP contribution in [-0.2, 0) is 11.0 Å². The second-order valence-corrected chi connectivity index (χ2v) is 6.79. The number of nitrogens with two attached hydrogens (primary N) is 1. The van der Waals surface area contributed by atoms with E-state index in [4.69, 9.17) is 26.8 Å². The largest absolute Gasteiger partial charge is 0.493 e. The van der Waals surface area contributed by atoms with E-state index in [1.54, 1.807) is 6.07 Å². The zero-order valence-electron chi connectivity index (χ0n) is 16.4. The first kappa shape index (κ1) is 22.9. The van der Waals surface area contributed by atoms with E-state index in [1.165, 1.54) is 42.4 Å². The number of anilines is 1. The number of rotatable bonds is 7. The Kier molecular flexibility index (Phi) is 6.58. The van der Waals surface area contributed by atoms with E-state index in [9.17, 15) is 22.8 Å². The van der Waals surface area contributed by atoms with Crippen LogP contribution in [0.25, 0.3) is 5.69 Å². The molecule has 0 unspecified atom stereocenters. The third kappa shape index (κ3) is 5.11. The molecule has 3 aromatic rings. The van der Waals surface area contributed by atoms with Gasteiger partial charge in [-0.05, 0) is 36.4 Å². The topological polar surface area (TPSA) is 108 Å². The Bertz CT molecular complexity index is 1150. The molecular weight excluding hydrogens is 453 g/mol. The Hall–Kier alpha value is -3.73. The summed E-state index contributed by atoms with van der Waals surface area (Å²) in [6.45, 7) is -0.473. The van der Waals surface area contributed by atoms with E-state index < -0.39 is 30.2 Å². The van der Waals surface area contributed by atoms with Gasteiger partial charge in [0.05, 0.1) is 29.1 Å². The first-order valence-electron chi connectivity index (χ1n) is 8.91. The molecule has 0 saturated heterocycles. The third-order valence-corrected chi connectivity index (χ3v) is 4.45. The van der Waals surface area contributed by atoms with Gasteiger partial charge in [0.2, 0.25) is 0 Å². The van der Waals surface area contributed by atoms with Gasteiger partial charge in [0.25, 0.3) is 11.8 Å². The van der Waals surface area contributed by atoms with Crippen LogP contribution in [0.5, 0.6) is 11.5 Å². The number of nitrogens with one attached hydrogen (secondary N) is 1. The van der Waals surface area contributed by atoms with Crippen molar-refractivity contribution in [3.63, 3.8) is 0 Å². The van der Waals surface area contributed by atoms with Crippen LogP contribution in [0.3, 0.4) is 0 Å². The molecule has 3 N–H and O–H groups in total. The van der Waals surface area contributed by atoms with E-state index in [0.29, 0.717) is 0 Å². The van der Waals surface area contributed by atoms with Crippen molar-refractivity contribution in [2.75, 3.05) is 19.0 Å². The van der Waals surface area contributed by atoms with Gasteiger partial charge in [-0.1, -0.05) is 11.6 Å². The van der Waals surface area contributed by atoms with Gasteiger partial charge >= 0.3 is 6.18 Å². The van der Waals surface area contributed by atoms with E-state index in [1.807, 2.05) is 0 Å². The highest BCUT2D eigenvalue weighted by Gasteiger charge is 2.31. The number of methoxy groups -OCH3 is 1. The molecule has 3 rings (SSSR count). The number of carbonyl (C=O) groups is 2. The summed E-state index contributed by atoms with van der Waals surface area (Å²) in [5.74, 6) is -1.50. The van der Waals surface area contributed by atoms with Crippen molar-refractivity contribution >= 4 is 29.1 Å². The fourth-order valence-corrected chi connectivity index (χ4v) is 3.02. The first-order valence-corrected chi connectivity index (χ1v) is 9.29. The minimum Gasteiger partial charge on any atom is -0.493 e. The maximum absolute atomic E-state index is 13.2. The van der Waals surface area contributed by atoms with Crippen LogP contribution in [0.2, 0.25) is 5.02 Å². The highest BCUT2D eigenvalue weighted by molar-refractivity contribution is 6.32. The molecule has 0 fully saturated rings. The molecule has 2 amide bonds. The van der Waals surface area contributed by atoms with E-state index in [0.717, 1.165) is 12.1 Å². The van der Waals surface area contributed by atoms with Crippen LogP contribution >= 0.6 is 11.6 Å². The number of nitrogens with zero attached hydrogens (tertiary/aromatic N) is 2. The molecule has 0 bridgehead atoms. The van der Waals surface area contributed by atoms with E-state index >= 15 is 0 Å². The molecule has 0 saturated carbocycles. The lowest BCUT2D eigenvalue weighted by atomic mass is 10.1. The second-order valence-electron chi connectivity index (χ2n) is 6.38. The smallest absolute Gasteiger partial charge is 0.416 e. The quantitative estimate of drug-likeness (QED) is 0.550. The molecule has 0 aliphatic heterocycles. The summed E-state index contributed by atoms with van der Waals surface area (Å²) in [6, 6.07) is 6.95. The normalized spacial score (nSPS) is 11.2. The number of benzene rings is 2. The fourth-order valence-electron chi connectivity index (χ4n) is 2.75. The van der Waals surface area contributed by atoms with Crippen molar-refractivity contribution < 1.29 is 32.2 Å². The van der Waals surface area contributed by atoms with Gasteiger partial charge in [-0.15, -0.1) is 0 Å². The first-order chi connectivity index (χ1) is 15.1. The molecule has 0 aliphatic carbocycles. The Labute approximate surface area is 184 Å². The Morgan fingerprint density at radius 3 is 2.59 bits per heavy atom. The number of amides is 2. The van der Waals surface area contributed by atoms with Crippen LogP contribution in [-0.4, -0.2) is 35.3 Å². The molecule has 0 radical (unpaired) electrons. The molecule has 8 nitrogen and oxygen atoms in total. The van der Waals surface area contributed by atoms with Crippen molar-refractivity contribution in [2.24, 2.45) is 5.73 Å². The van der Waals surface area contributed by atoms with Crippen LogP contribution in [0.4, 0.5) is 18.9 Å². The van der Waals surface area contributed by atoms with Gasteiger partial charge in [0.15, 0.2) is 18.1 Å². The molecule has 1 heterocycles. The zero-order valence-corrected chi connectivity index (χ0v) is 17.2. The van der Waals surface area contributed by atoms with Gasteiger partial charge in [-0.25, -0.2) is 4.68 Å². The average Bonchev–Trinajstić information content (AvgIpc) is 3.26. The number of halogens is 4. The van der Waals surface area contributed by atoms with Crippen LogP contribution in [0.1, 0.15) is 15.9 Å². The standard InChI is InChI=1S/C20H16ClF3N4O4/c1-31-16-8-11(7-13(21)18(16)32-10-17(25)29)19(30)27-14-9-12(20(22,23)24)3-4-15(14)28-6-2-5-26-28/h2-9H,10H2,1H3,(H2,25,29)(H,27,30). The lowest BCUT2D eigenvalue weighted by Gasteiger charge is -2.16. The van der Waals surface area contributed by atoms with Crippen LogP contribution in [0, 0.1) is 0 Å². The average molecular weight is 469 g/mol. The highest BCUT2D eigenvalue weighted by atomic mass is 35.5. The summed E-state index contributed by atoms with van der Waals surface area (Å²) in [5, 5.41) is 6.38. The highest BCUT2D eigenvalue weighted by Crippen LogP contribution is 2.37. The number of carbonyl (C=O) groups excluding carboxylic acids is 2. The summed E-state index contributed by atoms with van der Waals surface area (Å²) < 4.78 is 51.3. The minimum absolute atomic E-state index is 0.0131. The van der Waals surface area contributed by atoms with Crippen molar-refractivity contribution in [2.45, 2.75) is 6.18 Å². The maximum atomic E-state index is 13.2. The Morgan fingerprint density at radius 1 is 1.25 bits per heavy atom. The van der Waals surface area contributed by atoms with Gasteiger partial charge in [-0.2, -0.15) is 18.3 Å². The molecule has 12 heteroatoms. The van der Waals surface area contributed by atoms with E-state index in [2.05, 4.69) is 10.4 Å². The Morgan fingerprint density at radius 2 is 2.00 bits per heavy atom. The van der Waals surface area contributed by atoms with Crippen molar-refractivity contribution in [1.29, 1.82) is 0 Å². The predicted molar refractivity (Wildman–Crippen MR) is 109 cm³/mol. The van der Waals surface area contributed by atoms with Gasteiger partial charge in [-0.3, -0.25) is 9.59 Å². The monoisotopic (exact) mass is 468 g/mol. The number of hydrogen-bond acceptors (Lipinski definition) is 5. The van der Waals surface area contributed by atoms with Crippen molar-refractivity contribution in [1.82, 2.24) is 9.78 Å². The van der Waals surface area contributed by atoms with Gasteiger partial charge < -0.3 is 20.5 Å². The summed E-state index contributed by atoms with van der Waals surface area (Å²) in [7, 11) is 1.28. The fraction of sp³-hybridized carbons (Fsp3) is 0.150. The lowest BCUT2D eigenvalue weighted by molar-refractivity contribution is -0.137. The number of alkyl halides is 3. The Balaban J connectivity index is 1.97. The van der Waals surface area contributed by atoms with Crippen molar-refractivity contribution in [3.8, 4) is 17.2 Å². The molecule has 0 spiro atoms. The summed E-state index contributed by atoms with van der Waals surface area (Å²) in [5.41, 5.74) is 4.16. The molecule has 0 atom stereocenters. The molecule has 2 aromatic carbocycles. The molecular formula is C20H16ClF3N4O4. The number of ether oxygens (including phenoxy) is 2. The molecule has 1 aromatic heterocycles. The minimum atomic E-state index is -4.62. The van der Waals surface area contributed by atoms with Crippen LogP contribution < -0.4 is 20.5 Å². The number of aromatic nitrogens is 2. The van der Waals surface area contributed by atoms with Gasteiger partial charge in [0.1, 0.15) is 0 Å². The zero-order chi connectivity index (χ0) is 23.5. The summed E-state index contributed by atoms with van der Waals surface area (Å²) in [6.07, 6.45) is -1.66. The summed E-state index contributed by atoms with van der Waals surface area (Å²) >= 11 is 6.14. The van der Waals surface area contributed by atoms with E-state index in [-0.39, 0.29) is 33.5 Å². The number of hydrogen-bond donors (Lipinski definition) is 2. The molecule has 0 aliphatic rings. The summed E-state index contributed by atoms with van der Waals surface area (Å²) in [4.78, 5) is 23.8. The lowest BCUT2D eigenvalue weighted by Crippen LogP contribution is -2.20. The SMILES string of the molecule is COc1cc(C(=O)Nc2cc(C(F)(F)F)ccc2-n2cccn2)cc(Cl)c1OCC(N)=O. The second kappa shape index (κ2) is 9.18. The molecule has 168 valence electrons.